The van der Waals surface area contributed by atoms with Crippen molar-refractivity contribution in [3.63, 3.8) is 0 Å². The molecule has 0 aliphatic carbocycles. The number of hydrogen-bond donors (Lipinski definition) is 0. The Labute approximate surface area is 558 Å². The van der Waals surface area contributed by atoms with E-state index in [0.29, 0.717) is 0 Å². The van der Waals surface area contributed by atoms with Crippen LogP contribution in [0.25, 0.3) is 0 Å². The molecule has 2 nitrogen and oxygen atoms in total. The number of aliphatic imine (C=N–C) groups is 2. The zero-order valence-electron chi connectivity index (χ0n) is 58.6. The topological polar surface area (TPSA) is 24.7 Å². The molecule has 0 atom stereocenters. The van der Waals surface area contributed by atoms with Gasteiger partial charge in [0, 0.05) is 26.8 Å². The number of aryl methyl sites for hydroxylation is 2. The van der Waals surface area contributed by atoms with Gasteiger partial charge in [-0.05, 0) is 113 Å². The fraction of sp³-hybridized carbons (Fsp3) is 0.762. The zero-order valence-corrected chi connectivity index (χ0v) is 60.1. The Morgan fingerprint density at radius 3 is 0.885 bits per heavy atom. The summed E-state index contributed by atoms with van der Waals surface area (Å²) in [6, 6.07) is 17.8. The minimum absolute atomic E-state index is 0. The average molecular weight is 1290 g/mol. The summed E-state index contributed by atoms with van der Waals surface area (Å²) in [5.74, 6) is 7.34. The van der Waals surface area contributed by atoms with Gasteiger partial charge in [0.1, 0.15) is 5.71 Å². The first-order chi connectivity index (χ1) is 42.7. The van der Waals surface area contributed by atoms with Crippen LogP contribution in [0.5, 0.6) is 0 Å². The quantitative estimate of drug-likeness (QED) is 0.0207. The van der Waals surface area contributed by atoms with Crippen LogP contribution in [-0.2, 0) is 33.3 Å². The Bertz CT molecular complexity index is 1930. The molecular formula is C84H144N2Pd. The second-order valence-corrected chi connectivity index (χ2v) is 26.6. The van der Waals surface area contributed by atoms with Crippen LogP contribution in [0.3, 0.4) is 0 Å². The number of hydrogen-bond acceptors (Lipinski definition) is 2. The Morgan fingerprint density at radius 1 is 0.299 bits per heavy atom. The van der Waals surface area contributed by atoms with E-state index in [1.807, 2.05) is 0 Å². The summed E-state index contributed by atoms with van der Waals surface area (Å²) in [7, 11) is 0. The second-order valence-electron chi connectivity index (χ2n) is 26.6. The fourth-order valence-corrected chi connectivity index (χ4v) is 12.5. The first-order valence-electron chi connectivity index (χ1n) is 38.8. The van der Waals surface area contributed by atoms with Gasteiger partial charge in [-0.3, -0.25) is 4.99 Å². The van der Waals surface area contributed by atoms with Gasteiger partial charge in [-0.2, -0.15) is 0 Å². The zero-order chi connectivity index (χ0) is 61.2. The molecule has 0 saturated heterocycles. The Morgan fingerprint density at radius 2 is 0.563 bits per heavy atom. The summed E-state index contributed by atoms with van der Waals surface area (Å²) in [4.78, 5) is 11.0. The molecule has 0 saturated carbocycles. The molecule has 0 spiro atoms. The molecule has 2 aromatic carbocycles. The smallest absolute Gasteiger partial charge is 0.135 e. The van der Waals surface area contributed by atoms with Crippen LogP contribution in [0.1, 0.15) is 411 Å². The summed E-state index contributed by atoms with van der Waals surface area (Å²) in [5, 5.41) is 0. The van der Waals surface area contributed by atoms with E-state index in [9.17, 15) is 0 Å². The fourth-order valence-electron chi connectivity index (χ4n) is 12.5. The van der Waals surface area contributed by atoms with Gasteiger partial charge < -0.3 is 0 Å². The standard InChI is InChI=1S/C84H144N2.Pd/c1-5-9-13-16-19-22-25-28-31-34-37-39-41-43-46-49-52-55-58-61-64-71-79-73-67-69-76-81(79)85-83(75-12-8-4)84(78-66-63-60-57-54-51-48-45-36-33-30-27-24-21-18-15-11-7-3)86-82-77-70-68-74-80(82)72-65-62-59-56-53-50-47-44-42-40-38-35-32-29-26-23-20-17-14-10-6-2;/h55-56,58-59,67-70,73-74,76-77H,5-54,57,60-65,71-72,75H2,1-4H3;. The van der Waals surface area contributed by atoms with Gasteiger partial charge in [-0.1, -0.05) is 390 Å². The predicted molar refractivity (Wildman–Crippen MR) is 391 cm³/mol. The molecule has 2 rings (SSSR count). The maximum atomic E-state index is 5.54. The molecule has 500 valence electrons. The summed E-state index contributed by atoms with van der Waals surface area (Å²) < 4.78 is 0. The van der Waals surface area contributed by atoms with Crippen LogP contribution in [-0.4, -0.2) is 11.4 Å². The normalized spacial score (nSPS) is 12.0. The van der Waals surface area contributed by atoms with Gasteiger partial charge >= 0.3 is 0 Å². The van der Waals surface area contributed by atoms with Crippen molar-refractivity contribution in [2.75, 3.05) is 0 Å². The van der Waals surface area contributed by atoms with Crippen molar-refractivity contribution < 1.29 is 20.4 Å². The Hall–Kier alpha value is -2.52. The van der Waals surface area contributed by atoms with Crippen LogP contribution in [0, 0.1) is 11.8 Å². The molecular weight excluding hydrogens is 1140 g/mol. The minimum Gasteiger partial charge on any atom is -0.250 e. The Kier molecular flexibility index (Phi) is 64.3. The number of rotatable bonds is 64. The number of allylic oxidation sites excluding steroid dienone is 4. The van der Waals surface area contributed by atoms with Crippen molar-refractivity contribution in [1.82, 2.24) is 0 Å². The van der Waals surface area contributed by atoms with Crippen molar-refractivity contribution in [2.24, 2.45) is 9.98 Å². The first kappa shape index (κ1) is 82.5. The van der Waals surface area contributed by atoms with Crippen molar-refractivity contribution in [3.8, 4) is 11.8 Å². The van der Waals surface area contributed by atoms with Gasteiger partial charge in [0.2, 0.25) is 0 Å². The summed E-state index contributed by atoms with van der Waals surface area (Å²) in [5.41, 5.74) is 6.78. The van der Waals surface area contributed by atoms with E-state index < -0.39 is 0 Å². The van der Waals surface area contributed by atoms with E-state index in [2.05, 4.69) is 112 Å². The maximum absolute atomic E-state index is 5.54. The molecule has 0 radical (unpaired) electrons. The summed E-state index contributed by atoms with van der Waals surface area (Å²) >= 11 is 0. The third-order valence-corrected chi connectivity index (χ3v) is 18.3. The van der Waals surface area contributed by atoms with Gasteiger partial charge in [0.05, 0.1) is 17.1 Å². The van der Waals surface area contributed by atoms with E-state index in [1.54, 1.807) is 0 Å². The maximum Gasteiger partial charge on any atom is 0.135 e. The van der Waals surface area contributed by atoms with Crippen LogP contribution in [0.4, 0.5) is 11.4 Å². The van der Waals surface area contributed by atoms with E-state index in [-0.39, 0.29) is 20.4 Å². The van der Waals surface area contributed by atoms with Gasteiger partial charge in [-0.25, -0.2) is 4.99 Å². The monoisotopic (exact) mass is 1290 g/mol. The molecule has 0 aliphatic heterocycles. The summed E-state index contributed by atoms with van der Waals surface area (Å²) in [6.45, 7) is 9.23. The minimum atomic E-state index is 0. The van der Waals surface area contributed by atoms with Gasteiger partial charge in [-0.15, -0.1) is 0 Å². The molecule has 0 N–H and O–H groups in total. The van der Waals surface area contributed by atoms with Crippen molar-refractivity contribution in [2.45, 2.75) is 413 Å². The molecule has 0 aromatic heterocycles. The SMILES string of the molecule is CCCCCCCCCCCCCCCCCCC#CC(=Nc1ccccc1CCCC=CCCCCCCCCCCCCCCCCCC)C(CCCC)=Nc1ccccc1CCCC=CCCCCCCCCCCCCCCCCCC.[Pd]. The van der Waals surface area contributed by atoms with Crippen LogP contribution in [0.15, 0.2) is 82.8 Å². The van der Waals surface area contributed by atoms with Crippen LogP contribution in [0.2, 0.25) is 0 Å². The van der Waals surface area contributed by atoms with E-state index in [0.717, 1.165) is 87.0 Å². The molecule has 2 aromatic rings. The molecule has 0 bridgehead atoms. The number of nitrogens with zero attached hydrogens (tertiary/aromatic N) is 2. The number of para-hydroxylation sites is 2. The van der Waals surface area contributed by atoms with E-state index in [1.165, 1.54) is 332 Å². The molecule has 0 heterocycles. The third-order valence-electron chi connectivity index (χ3n) is 18.3. The van der Waals surface area contributed by atoms with Gasteiger partial charge in [0.25, 0.3) is 0 Å². The molecule has 3 heteroatoms. The molecule has 0 amide bonds. The van der Waals surface area contributed by atoms with E-state index >= 15 is 0 Å². The third kappa shape index (κ3) is 53.8. The predicted octanol–water partition coefficient (Wildman–Crippen LogP) is 29.4. The Balaban J connectivity index is 0.0000378. The number of unbranched alkanes of at least 4 members (excludes halogenated alkanes) is 51. The largest absolute Gasteiger partial charge is 0.250 e. The van der Waals surface area contributed by atoms with Crippen molar-refractivity contribution >= 4 is 22.8 Å². The van der Waals surface area contributed by atoms with E-state index in [4.69, 9.17) is 9.98 Å². The van der Waals surface area contributed by atoms with Crippen molar-refractivity contribution in [1.29, 1.82) is 0 Å². The van der Waals surface area contributed by atoms with Crippen LogP contribution < -0.4 is 0 Å². The van der Waals surface area contributed by atoms with Crippen molar-refractivity contribution in [3.05, 3.63) is 84.0 Å². The molecule has 0 aliphatic rings. The van der Waals surface area contributed by atoms with Gasteiger partial charge in [0.15, 0.2) is 0 Å². The molecule has 0 fully saturated rings. The molecule has 0 unspecified atom stereocenters. The molecule has 87 heavy (non-hydrogen) atoms. The average Bonchev–Trinajstić information content (AvgIpc) is 3.63. The number of benzene rings is 2. The summed E-state index contributed by atoms with van der Waals surface area (Å²) in [6.07, 6.45) is 90.8. The first-order valence-corrected chi connectivity index (χ1v) is 38.8. The second kappa shape index (κ2) is 67.9. The van der Waals surface area contributed by atoms with Crippen LogP contribution >= 0.6 is 0 Å².